The van der Waals surface area contributed by atoms with Gasteiger partial charge in [-0.05, 0) is 37.3 Å². The molecule has 3 nitrogen and oxygen atoms in total. The van der Waals surface area contributed by atoms with Gasteiger partial charge in [0.2, 0.25) is 0 Å². The van der Waals surface area contributed by atoms with Gasteiger partial charge >= 0.3 is 0 Å². The van der Waals surface area contributed by atoms with Crippen LogP contribution in [0.25, 0.3) is 0 Å². The van der Waals surface area contributed by atoms with Crippen LogP contribution in [0.2, 0.25) is 5.15 Å². The third-order valence-corrected chi connectivity index (χ3v) is 3.32. The van der Waals surface area contributed by atoms with Crippen LogP contribution in [0.3, 0.4) is 0 Å². The highest BCUT2D eigenvalue weighted by atomic mass is 79.9. The Morgan fingerprint density at radius 1 is 1.40 bits per heavy atom. The molecule has 1 aromatic carbocycles. The zero-order valence-electron chi connectivity index (χ0n) is 10.6. The first-order valence-corrected chi connectivity index (χ1v) is 6.99. The van der Waals surface area contributed by atoms with Crippen molar-refractivity contribution in [2.45, 2.75) is 13.5 Å². The molecule has 0 atom stereocenters. The van der Waals surface area contributed by atoms with E-state index in [0.717, 1.165) is 4.47 Å². The van der Waals surface area contributed by atoms with E-state index in [2.05, 4.69) is 26.2 Å². The summed E-state index contributed by atoms with van der Waals surface area (Å²) in [5.41, 5.74) is 1.46. The summed E-state index contributed by atoms with van der Waals surface area (Å²) in [6.45, 7) is 1.85. The molecule has 20 heavy (non-hydrogen) atoms. The normalized spacial score (nSPS) is 10.4. The van der Waals surface area contributed by atoms with Gasteiger partial charge in [0, 0.05) is 27.8 Å². The van der Waals surface area contributed by atoms with Crippen molar-refractivity contribution in [3.05, 3.63) is 62.6 Å². The van der Waals surface area contributed by atoms with Crippen molar-refractivity contribution in [1.82, 2.24) is 10.3 Å². The quantitative estimate of drug-likeness (QED) is 0.847. The predicted molar refractivity (Wildman–Crippen MR) is 79.3 cm³/mol. The van der Waals surface area contributed by atoms with Crippen molar-refractivity contribution < 1.29 is 9.18 Å². The van der Waals surface area contributed by atoms with Crippen LogP contribution in [0.5, 0.6) is 0 Å². The fraction of sp³-hybridized carbons (Fsp3) is 0.143. The molecule has 2 rings (SSSR count). The fourth-order valence-corrected chi connectivity index (χ4v) is 2.37. The van der Waals surface area contributed by atoms with Gasteiger partial charge in [-0.25, -0.2) is 9.37 Å². The van der Waals surface area contributed by atoms with Crippen molar-refractivity contribution in [3.63, 3.8) is 0 Å². The summed E-state index contributed by atoms with van der Waals surface area (Å²) in [7, 11) is 0. The number of carbonyl (C=O) groups is 1. The number of aromatic nitrogens is 1. The summed E-state index contributed by atoms with van der Waals surface area (Å²) in [6, 6.07) is 7.67. The van der Waals surface area contributed by atoms with Crippen LogP contribution >= 0.6 is 27.5 Å². The van der Waals surface area contributed by atoms with Crippen LogP contribution in [0.15, 0.2) is 34.8 Å². The molecule has 1 N–H and O–H groups in total. The number of nitrogens with one attached hydrogen (secondary N) is 1. The molecule has 2 aromatic rings. The SMILES string of the molecule is Cc1cc(C(=O)NCc2cc(Br)ccc2F)cc(Cl)n1. The topological polar surface area (TPSA) is 42.0 Å². The monoisotopic (exact) mass is 356 g/mol. The Morgan fingerprint density at radius 2 is 2.15 bits per heavy atom. The van der Waals surface area contributed by atoms with Gasteiger partial charge in [-0.15, -0.1) is 0 Å². The second-order valence-electron chi connectivity index (χ2n) is 4.24. The van der Waals surface area contributed by atoms with Crippen molar-refractivity contribution in [3.8, 4) is 0 Å². The van der Waals surface area contributed by atoms with Crippen molar-refractivity contribution in [1.29, 1.82) is 0 Å². The Bertz CT molecular complexity index is 643. The Labute approximate surface area is 129 Å². The lowest BCUT2D eigenvalue weighted by Crippen LogP contribution is -2.23. The van der Waals surface area contributed by atoms with Crippen LogP contribution in [0, 0.1) is 12.7 Å². The third-order valence-electron chi connectivity index (χ3n) is 2.63. The zero-order chi connectivity index (χ0) is 14.7. The molecule has 0 spiro atoms. The summed E-state index contributed by atoms with van der Waals surface area (Å²) in [5, 5.41) is 2.91. The lowest BCUT2D eigenvalue weighted by Gasteiger charge is -2.07. The Morgan fingerprint density at radius 3 is 2.85 bits per heavy atom. The molecule has 6 heteroatoms. The van der Waals surface area contributed by atoms with E-state index in [1.54, 1.807) is 25.1 Å². The standard InChI is InChI=1S/C14H11BrClFN2O/c1-8-4-9(6-13(16)19-8)14(20)18-7-10-5-11(15)2-3-12(10)17/h2-6H,7H2,1H3,(H,18,20). The van der Waals surface area contributed by atoms with Gasteiger partial charge in [-0.2, -0.15) is 0 Å². The van der Waals surface area contributed by atoms with Gasteiger partial charge in [0.15, 0.2) is 0 Å². The highest BCUT2D eigenvalue weighted by Gasteiger charge is 2.09. The van der Waals surface area contributed by atoms with E-state index >= 15 is 0 Å². The van der Waals surface area contributed by atoms with E-state index < -0.39 is 0 Å². The Kier molecular flexibility index (Phi) is 4.73. The maximum absolute atomic E-state index is 13.5. The number of halogens is 3. The number of carbonyl (C=O) groups excluding carboxylic acids is 1. The smallest absolute Gasteiger partial charge is 0.251 e. The average Bonchev–Trinajstić information content (AvgIpc) is 2.38. The van der Waals surface area contributed by atoms with E-state index in [1.165, 1.54) is 12.1 Å². The molecule has 0 saturated carbocycles. The van der Waals surface area contributed by atoms with Gasteiger partial charge in [0.1, 0.15) is 11.0 Å². The molecule has 0 aliphatic rings. The summed E-state index contributed by atoms with van der Waals surface area (Å²) in [4.78, 5) is 16.0. The summed E-state index contributed by atoms with van der Waals surface area (Å²) in [5.74, 6) is -0.686. The van der Waals surface area contributed by atoms with Gasteiger partial charge in [-0.1, -0.05) is 27.5 Å². The largest absolute Gasteiger partial charge is 0.348 e. The fourth-order valence-electron chi connectivity index (χ4n) is 1.72. The van der Waals surface area contributed by atoms with E-state index in [1.807, 2.05) is 0 Å². The van der Waals surface area contributed by atoms with Crippen LogP contribution < -0.4 is 5.32 Å². The molecule has 0 radical (unpaired) electrons. The minimum atomic E-state index is -0.363. The van der Waals surface area contributed by atoms with Crippen LogP contribution in [0.1, 0.15) is 21.6 Å². The van der Waals surface area contributed by atoms with Crippen molar-refractivity contribution in [2.24, 2.45) is 0 Å². The minimum Gasteiger partial charge on any atom is -0.348 e. The summed E-state index contributed by atoms with van der Waals surface area (Å²) < 4.78 is 14.3. The van der Waals surface area contributed by atoms with Crippen LogP contribution in [0.4, 0.5) is 4.39 Å². The molecule has 0 bridgehead atoms. The number of benzene rings is 1. The number of hydrogen-bond donors (Lipinski definition) is 1. The van der Waals surface area contributed by atoms with Gasteiger partial charge in [0.05, 0.1) is 0 Å². The number of aryl methyl sites for hydroxylation is 1. The van der Waals surface area contributed by atoms with E-state index in [4.69, 9.17) is 11.6 Å². The molecule has 104 valence electrons. The number of rotatable bonds is 3. The van der Waals surface area contributed by atoms with E-state index in [0.29, 0.717) is 16.8 Å². The molecule has 1 amide bonds. The highest BCUT2D eigenvalue weighted by Crippen LogP contribution is 2.16. The molecular formula is C14H11BrClFN2O. The lowest BCUT2D eigenvalue weighted by molar-refractivity contribution is 0.0950. The number of nitrogens with zero attached hydrogens (tertiary/aromatic N) is 1. The molecule has 1 aromatic heterocycles. The van der Waals surface area contributed by atoms with Gasteiger partial charge in [0.25, 0.3) is 5.91 Å². The molecule has 0 saturated heterocycles. The van der Waals surface area contributed by atoms with Gasteiger partial charge in [-0.3, -0.25) is 4.79 Å². The van der Waals surface area contributed by atoms with Crippen molar-refractivity contribution in [2.75, 3.05) is 0 Å². The molecule has 1 heterocycles. The third kappa shape index (κ3) is 3.77. The Hall–Kier alpha value is -1.46. The summed E-state index contributed by atoms with van der Waals surface area (Å²) in [6.07, 6.45) is 0. The maximum Gasteiger partial charge on any atom is 0.251 e. The zero-order valence-corrected chi connectivity index (χ0v) is 12.9. The first kappa shape index (κ1) is 14.9. The van der Waals surface area contributed by atoms with Crippen LogP contribution in [-0.2, 0) is 6.54 Å². The highest BCUT2D eigenvalue weighted by molar-refractivity contribution is 9.10. The first-order valence-electron chi connectivity index (χ1n) is 5.82. The average molecular weight is 358 g/mol. The molecule has 0 unspecified atom stereocenters. The summed E-state index contributed by atoms with van der Waals surface area (Å²) >= 11 is 9.06. The first-order chi connectivity index (χ1) is 9.45. The number of hydrogen-bond acceptors (Lipinski definition) is 2. The second-order valence-corrected chi connectivity index (χ2v) is 5.54. The molecular weight excluding hydrogens is 347 g/mol. The molecule has 0 fully saturated rings. The Balaban J connectivity index is 2.10. The maximum atomic E-state index is 13.5. The number of amides is 1. The molecule has 0 aliphatic heterocycles. The van der Waals surface area contributed by atoms with E-state index in [-0.39, 0.29) is 23.4 Å². The second kappa shape index (κ2) is 6.33. The molecule has 0 aliphatic carbocycles. The van der Waals surface area contributed by atoms with Crippen LogP contribution in [-0.4, -0.2) is 10.9 Å². The van der Waals surface area contributed by atoms with Crippen molar-refractivity contribution >= 4 is 33.4 Å². The lowest BCUT2D eigenvalue weighted by atomic mass is 10.2. The number of pyridine rings is 1. The van der Waals surface area contributed by atoms with E-state index in [9.17, 15) is 9.18 Å². The predicted octanol–water partition coefficient (Wildman–Crippen LogP) is 3.88. The minimum absolute atomic E-state index is 0.100. The van der Waals surface area contributed by atoms with Gasteiger partial charge < -0.3 is 5.32 Å².